The maximum atomic E-state index is 12.5. The molecule has 1 atom stereocenters. The number of amides is 2. The smallest absolute Gasteiger partial charge is 0.283 e. The van der Waals surface area contributed by atoms with Crippen LogP contribution in [0.5, 0.6) is 11.5 Å². The second-order valence-corrected chi connectivity index (χ2v) is 9.46. The van der Waals surface area contributed by atoms with Crippen LogP contribution < -0.4 is 25.0 Å². The highest BCUT2D eigenvalue weighted by Crippen LogP contribution is 2.32. The fourth-order valence-corrected chi connectivity index (χ4v) is 4.97. The molecule has 3 N–H and O–H groups in total. The quantitative estimate of drug-likeness (QED) is 0.556. The van der Waals surface area contributed by atoms with Crippen LogP contribution in [-0.2, 0) is 14.8 Å². The van der Waals surface area contributed by atoms with Crippen LogP contribution in [0.25, 0.3) is 0 Å². The molecule has 4 rings (SSSR count). The van der Waals surface area contributed by atoms with Crippen molar-refractivity contribution < 1.29 is 27.5 Å². The van der Waals surface area contributed by atoms with Gasteiger partial charge in [-0.05, 0) is 37.1 Å². The van der Waals surface area contributed by atoms with Crippen molar-refractivity contribution in [3.05, 3.63) is 52.0 Å². The Hall–Kier alpha value is -2.53. The lowest BCUT2D eigenvalue weighted by Crippen LogP contribution is -2.50. The lowest BCUT2D eigenvalue weighted by molar-refractivity contribution is -0.131. The molecule has 1 saturated carbocycles. The third-order valence-electron chi connectivity index (χ3n) is 4.56. The van der Waals surface area contributed by atoms with Crippen molar-refractivity contribution in [2.24, 2.45) is 0 Å². The highest BCUT2D eigenvalue weighted by molar-refractivity contribution is 7.89. The summed E-state index contributed by atoms with van der Waals surface area (Å²) in [5, 5.41) is -0.196. The standard InChI is InChI=1S/C19H17Cl2N3O6S/c20-12-8-13(21)17(31(27,28)24-10-5-6-10)7-11(12)18(25)22-23-19(26)16-9-29-14-3-1-2-4-15(14)30-16/h1-4,7-8,10,16,24H,5-6,9H2,(H,22,25)(H,23,26). The van der Waals surface area contributed by atoms with Crippen molar-refractivity contribution in [3.63, 3.8) is 0 Å². The maximum absolute atomic E-state index is 12.5. The zero-order chi connectivity index (χ0) is 22.2. The Kier molecular flexibility index (Phi) is 5.98. The minimum absolute atomic E-state index is 0.0460. The molecular weight excluding hydrogens is 469 g/mol. The molecule has 1 heterocycles. The molecule has 12 heteroatoms. The summed E-state index contributed by atoms with van der Waals surface area (Å²) >= 11 is 12.1. The van der Waals surface area contributed by atoms with E-state index in [1.807, 2.05) is 0 Å². The number of hydrazine groups is 1. The van der Waals surface area contributed by atoms with Crippen molar-refractivity contribution in [1.82, 2.24) is 15.6 Å². The monoisotopic (exact) mass is 485 g/mol. The number of para-hydroxylation sites is 2. The van der Waals surface area contributed by atoms with E-state index in [0.717, 1.165) is 25.0 Å². The van der Waals surface area contributed by atoms with E-state index in [1.165, 1.54) is 0 Å². The molecule has 2 aliphatic rings. The van der Waals surface area contributed by atoms with Gasteiger partial charge in [-0.2, -0.15) is 0 Å². The lowest BCUT2D eigenvalue weighted by atomic mass is 10.2. The van der Waals surface area contributed by atoms with E-state index < -0.39 is 27.9 Å². The van der Waals surface area contributed by atoms with Crippen molar-refractivity contribution in [2.45, 2.75) is 29.9 Å². The summed E-state index contributed by atoms with van der Waals surface area (Å²) in [6.45, 7) is -0.0460. The zero-order valence-corrected chi connectivity index (χ0v) is 18.2. The molecule has 0 spiro atoms. The number of hydrogen-bond acceptors (Lipinski definition) is 6. The number of hydrogen-bond donors (Lipinski definition) is 3. The number of rotatable bonds is 5. The van der Waals surface area contributed by atoms with Crippen LogP contribution in [0.1, 0.15) is 23.2 Å². The Morgan fingerprint density at radius 2 is 1.71 bits per heavy atom. The number of carbonyl (C=O) groups is 2. The largest absolute Gasteiger partial charge is 0.485 e. The highest BCUT2D eigenvalue weighted by Gasteiger charge is 2.31. The Morgan fingerprint density at radius 1 is 1.00 bits per heavy atom. The molecule has 0 radical (unpaired) electrons. The van der Waals surface area contributed by atoms with Gasteiger partial charge in [-0.25, -0.2) is 13.1 Å². The predicted octanol–water partition coefficient (Wildman–Crippen LogP) is 2.04. The molecule has 1 unspecified atom stereocenters. The Labute approximate surface area is 188 Å². The second-order valence-electron chi connectivity index (χ2n) is 6.97. The van der Waals surface area contributed by atoms with E-state index in [2.05, 4.69) is 15.6 Å². The molecule has 1 aliphatic heterocycles. The topological polar surface area (TPSA) is 123 Å². The summed E-state index contributed by atoms with van der Waals surface area (Å²) in [6, 6.07) is 8.94. The van der Waals surface area contributed by atoms with E-state index >= 15 is 0 Å². The minimum atomic E-state index is -3.92. The van der Waals surface area contributed by atoms with Crippen molar-refractivity contribution in [1.29, 1.82) is 0 Å². The Balaban J connectivity index is 1.44. The van der Waals surface area contributed by atoms with Gasteiger partial charge in [-0.3, -0.25) is 20.4 Å². The van der Waals surface area contributed by atoms with Gasteiger partial charge in [0.2, 0.25) is 16.1 Å². The van der Waals surface area contributed by atoms with Gasteiger partial charge in [-0.15, -0.1) is 0 Å². The van der Waals surface area contributed by atoms with E-state index in [-0.39, 0.29) is 33.2 Å². The SMILES string of the molecule is O=C(NNC(=O)C1COc2ccccc2O1)c1cc(S(=O)(=O)NC2CC2)c(Cl)cc1Cl. The number of nitrogens with one attached hydrogen (secondary N) is 3. The van der Waals surface area contributed by atoms with E-state index in [9.17, 15) is 18.0 Å². The minimum Gasteiger partial charge on any atom is -0.485 e. The molecule has 2 aromatic carbocycles. The van der Waals surface area contributed by atoms with E-state index in [4.69, 9.17) is 32.7 Å². The third-order valence-corrected chi connectivity index (χ3v) is 6.85. The number of benzene rings is 2. The molecule has 31 heavy (non-hydrogen) atoms. The zero-order valence-electron chi connectivity index (χ0n) is 15.9. The average molecular weight is 486 g/mol. The number of fused-ring (bicyclic) bond motifs is 1. The summed E-state index contributed by atoms with van der Waals surface area (Å²) in [4.78, 5) is 24.6. The second kappa shape index (κ2) is 8.54. The van der Waals surface area contributed by atoms with Gasteiger partial charge < -0.3 is 9.47 Å². The summed E-state index contributed by atoms with van der Waals surface area (Å²) in [5.41, 5.74) is 4.25. The molecule has 2 aromatic rings. The van der Waals surface area contributed by atoms with Gasteiger partial charge in [-0.1, -0.05) is 35.3 Å². The van der Waals surface area contributed by atoms with Gasteiger partial charge in [0.25, 0.3) is 11.8 Å². The lowest BCUT2D eigenvalue weighted by Gasteiger charge is -2.25. The van der Waals surface area contributed by atoms with Crippen LogP contribution in [0, 0.1) is 0 Å². The molecule has 9 nitrogen and oxygen atoms in total. The maximum Gasteiger partial charge on any atom is 0.283 e. The predicted molar refractivity (Wildman–Crippen MR) is 112 cm³/mol. The third kappa shape index (κ3) is 4.87. The number of ether oxygens (including phenoxy) is 2. The van der Waals surface area contributed by atoms with Gasteiger partial charge in [0.15, 0.2) is 11.5 Å². The summed E-state index contributed by atoms with van der Waals surface area (Å²) in [5.74, 6) is -0.567. The van der Waals surface area contributed by atoms with Crippen LogP contribution in [-0.4, -0.2) is 39.0 Å². The Morgan fingerprint density at radius 3 is 2.42 bits per heavy atom. The molecule has 1 fully saturated rings. The fraction of sp³-hybridized carbons (Fsp3) is 0.263. The highest BCUT2D eigenvalue weighted by atomic mass is 35.5. The van der Waals surface area contributed by atoms with Gasteiger partial charge in [0.1, 0.15) is 11.5 Å². The molecule has 164 valence electrons. The number of sulfonamides is 1. The number of halogens is 2. The average Bonchev–Trinajstić information content (AvgIpc) is 3.54. The molecule has 1 aliphatic carbocycles. The normalized spacial score (nSPS) is 17.7. The van der Waals surface area contributed by atoms with Gasteiger partial charge in [0.05, 0.1) is 15.6 Å². The first-order valence-electron chi connectivity index (χ1n) is 9.24. The van der Waals surface area contributed by atoms with Crippen molar-refractivity contribution >= 4 is 45.0 Å². The summed E-state index contributed by atoms with van der Waals surface area (Å²) < 4.78 is 38.5. The van der Waals surface area contributed by atoms with Gasteiger partial charge in [0, 0.05) is 6.04 Å². The first-order chi connectivity index (χ1) is 14.7. The first kappa shape index (κ1) is 21.7. The first-order valence-corrected chi connectivity index (χ1v) is 11.5. The molecular formula is C19H17Cl2N3O6S. The van der Waals surface area contributed by atoms with E-state index in [1.54, 1.807) is 24.3 Å². The molecule has 0 aromatic heterocycles. The molecule has 2 amide bonds. The molecule has 0 bridgehead atoms. The summed E-state index contributed by atoms with van der Waals surface area (Å²) in [7, 11) is -3.92. The van der Waals surface area contributed by atoms with Gasteiger partial charge >= 0.3 is 0 Å². The van der Waals surface area contributed by atoms with Crippen LogP contribution in [0.15, 0.2) is 41.3 Å². The van der Waals surface area contributed by atoms with Crippen LogP contribution in [0.3, 0.4) is 0 Å². The van der Waals surface area contributed by atoms with Crippen LogP contribution in [0.2, 0.25) is 10.0 Å². The molecule has 0 saturated heterocycles. The van der Waals surface area contributed by atoms with Crippen molar-refractivity contribution in [2.75, 3.05) is 6.61 Å². The fourth-order valence-electron chi connectivity index (χ4n) is 2.81. The van der Waals surface area contributed by atoms with Crippen LogP contribution >= 0.6 is 23.2 Å². The van der Waals surface area contributed by atoms with Crippen LogP contribution in [0.4, 0.5) is 0 Å². The van der Waals surface area contributed by atoms with Crippen molar-refractivity contribution in [3.8, 4) is 11.5 Å². The van der Waals surface area contributed by atoms with E-state index in [0.29, 0.717) is 11.5 Å². The Bertz CT molecular complexity index is 1150. The number of carbonyl (C=O) groups excluding carboxylic acids is 2. The summed E-state index contributed by atoms with van der Waals surface area (Å²) in [6.07, 6.45) is 0.484.